The number of Topliss-reactive ketones (excluding diaryl/α,β-unsaturated/α-hetero) is 1. The van der Waals surface area contributed by atoms with Crippen LogP contribution in [0.4, 0.5) is 5.69 Å². The number of nitrogens with zero attached hydrogens (tertiary/aromatic N) is 1. The zero-order valence-corrected chi connectivity index (χ0v) is 13.7. The minimum absolute atomic E-state index is 0.0383. The summed E-state index contributed by atoms with van der Waals surface area (Å²) in [6.45, 7) is 4.09. The second-order valence-corrected chi connectivity index (χ2v) is 6.62. The van der Waals surface area contributed by atoms with E-state index in [1.165, 1.54) is 0 Å². The van der Waals surface area contributed by atoms with Crippen LogP contribution in [0.15, 0.2) is 16.6 Å². The molecular weight excluding hydrogens is 332 g/mol. The molecule has 1 saturated heterocycles. The van der Waals surface area contributed by atoms with E-state index >= 15 is 0 Å². The smallest absolute Gasteiger partial charge is 0.223 e. The number of nitrogens with one attached hydrogen (secondary N) is 1. The van der Waals surface area contributed by atoms with E-state index in [0.29, 0.717) is 12.1 Å². The molecule has 1 aromatic rings. The second-order valence-electron chi connectivity index (χ2n) is 5.77. The first-order valence-corrected chi connectivity index (χ1v) is 8.22. The molecule has 0 saturated carbocycles. The van der Waals surface area contributed by atoms with Gasteiger partial charge in [-0.2, -0.15) is 0 Å². The van der Waals surface area contributed by atoms with Crippen LogP contribution in [-0.4, -0.2) is 31.3 Å². The summed E-state index contributed by atoms with van der Waals surface area (Å²) >= 11 is 3.53. The predicted molar refractivity (Wildman–Crippen MR) is 85.8 cm³/mol. The van der Waals surface area contributed by atoms with Gasteiger partial charge in [-0.05, 0) is 50.0 Å². The molecule has 0 bridgehead atoms. The average molecular weight is 351 g/mol. The molecule has 21 heavy (non-hydrogen) atoms. The van der Waals surface area contributed by atoms with Gasteiger partial charge in [0.25, 0.3) is 0 Å². The SMILES string of the molecule is CC(=O)N1CCc2cc(Br)c(C(=O)C3CCNCC3)cc21. The molecule has 5 heteroatoms. The molecule has 1 aromatic carbocycles. The van der Waals surface area contributed by atoms with E-state index in [2.05, 4.69) is 21.2 Å². The van der Waals surface area contributed by atoms with Gasteiger partial charge in [0.15, 0.2) is 5.78 Å². The maximum atomic E-state index is 12.7. The van der Waals surface area contributed by atoms with Gasteiger partial charge in [0.2, 0.25) is 5.91 Å². The first kappa shape index (κ1) is 14.7. The number of carbonyl (C=O) groups is 2. The maximum absolute atomic E-state index is 12.7. The quantitative estimate of drug-likeness (QED) is 0.833. The summed E-state index contributed by atoms with van der Waals surface area (Å²) in [6, 6.07) is 3.91. The van der Waals surface area contributed by atoms with E-state index < -0.39 is 0 Å². The van der Waals surface area contributed by atoms with Crippen LogP contribution in [0.5, 0.6) is 0 Å². The van der Waals surface area contributed by atoms with Gasteiger partial charge in [-0.1, -0.05) is 15.9 Å². The van der Waals surface area contributed by atoms with Crippen LogP contribution >= 0.6 is 15.9 Å². The zero-order valence-electron chi connectivity index (χ0n) is 12.1. The van der Waals surface area contributed by atoms with Crippen molar-refractivity contribution >= 4 is 33.3 Å². The summed E-state index contributed by atoms with van der Waals surface area (Å²) in [6.07, 6.45) is 2.63. The van der Waals surface area contributed by atoms with Crippen molar-refractivity contribution in [3.8, 4) is 0 Å². The number of rotatable bonds is 2. The lowest BCUT2D eigenvalue weighted by molar-refractivity contribution is -0.116. The largest absolute Gasteiger partial charge is 0.317 e. The summed E-state index contributed by atoms with van der Waals surface area (Å²) in [5, 5.41) is 3.28. The Morgan fingerprint density at radius 2 is 2.00 bits per heavy atom. The van der Waals surface area contributed by atoms with Crippen molar-refractivity contribution in [2.45, 2.75) is 26.2 Å². The molecule has 3 rings (SSSR count). The fourth-order valence-corrected chi connectivity index (χ4v) is 3.81. The molecular formula is C16H19BrN2O2. The number of hydrogen-bond donors (Lipinski definition) is 1. The van der Waals surface area contributed by atoms with E-state index in [-0.39, 0.29) is 17.6 Å². The molecule has 0 aliphatic carbocycles. The number of carbonyl (C=O) groups excluding carboxylic acids is 2. The van der Waals surface area contributed by atoms with Crippen molar-refractivity contribution in [3.63, 3.8) is 0 Å². The molecule has 4 nitrogen and oxygen atoms in total. The van der Waals surface area contributed by atoms with E-state index in [1.54, 1.807) is 11.8 Å². The molecule has 1 amide bonds. The van der Waals surface area contributed by atoms with Crippen LogP contribution in [0.2, 0.25) is 0 Å². The van der Waals surface area contributed by atoms with Gasteiger partial charge in [0.05, 0.1) is 0 Å². The third kappa shape index (κ3) is 2.77. The van der Waals surface area contributed by atoms with Crippen molar-refractivity contribution in [2.75, 3.05) is 24.5 Å². The zero-order chi connectivity index (χ0) is 15.0. The minimum Gasteiger partial charge on any atom is -0.317 e. The average Bonchev–Trinajstić information content (AvgIpc) is 2.89. The Hall–Kier alpha value is -1.20. The van der Waals surface area contributed by atoms with Crippen LogP contribution in [-0.2, 0) is 11.2 Å². The molecule has 2 aliphatic rings. The number of anilines is 1. The number of ketones is 1. The Balaban J connectivity index is 1.94. The summed E-state index contributed by atoms with van der Waals surface area (Å²) in [5.41, 5.74) is 2.76. The first-order valence-electron chi connectivity index (χ1n) is 7.43. The van der Waals surface area contributed by atoms with E-state index in [4.69, 9.17) is 0 Å². The number of halogens is 1. The highest BCUT2D eigenvalue weighted by Gasteiger charge is 2.28. The van der Waals surface area contributed by atoms with Gasteiger partial charge in [0, 0.05) is 35.1 Å². The van der Waals surface area contributed by atoms with Gasteiger partial charge >= 0.3 is 0 Å². The normalized spacial score (nSPS) is 18.7. The Morgan fingerprint density at radius 3 is 2.67 bits per heavy atom. The molecule has 0 unspecified atom stereocenters. The van der Waals surface area contributed by atoms with E-state index in [1.807, 2.05) is 12.1 Å². The fraction of sp³-hybridized carbons (Fsp3) is 0.500. The number of fused-ring (bicyclic) bond motifs is 1. The van der Waals surface area contributed by atoms with Crippen LogP contribution in [0.1, 0.15) is 35.7 Å². The van der Waals surface area contributed by atoms with Crippen LogP contribution < -0.4 is 10.2 Å². The lowest BCUT2D eigenvalue weighted by Gasteiger charge is -2.23. The Morgan fingerprint density at radius 1 is 1.29 bits per heavy atom. The number of amides is 1. The van der Waals surface area contributed by atoms with Crippen molar-refractivity contribution in [3.05, 3.63) is 27.7 Å². The molecule has 0 aromatic heterocycles. The molecule has 1 N–H and O–H groups in total. The highest BCUT2D eigenvalue weighted by atomic mass is 79.9. The lowest BCUT2D eigenvalue weighted by atomic mass is 9.89. The van der Waals surface area contributed by atoms with Gasteiger partial charge < -0.3 is 10.2 Å². The van der Waals surface area contributed by atoms with Crippen molar-refractivity contribution in [2.24, 2.45) is 5.92 Å². The molecule has 0 spiro atoms. The van der Waals surface area contributed by atoms with Crippen molar-refractivity contribution in [1.29, 1.82) is 0 Å². The first-order chi connectivity index (χ1) is 10.1. The standard InChI is InChI=1S/C16H19BrN2O2/c1-10(20)19-7-4-12-8-14(17)13(9-15(12)19)16(21)11-2-5-18-6-3-11/h8-9,11,18H,2-7H2,1H3. The van der Waals surface area contributed by atoms with Gasteiger partial charge in [0.1, 0.15) is 0 Å². The molecule has 0 radical (unpaired) electrons. The second kappa shape index (κ2) is 5.89. The number of hydrogen-bond acceptors (Lipinski definition) is 3. The topological polar surface area (TPSA) is 49.4 Å². The minimum atomic E-state index is 0.0383. The molecule has 2 aliphatic heterocycles. The van der Waals surface area contributed by atoms with Crippen molar-refractivity contribution < 1.29 is 9.59 Å². The molecule has 1 fully saturated rings. The number of piperidine rings is 1. The highest BCUT2D eigenvalue weighted by Crippen LogP contribution is 2.35. The third-order valence-electron chi connectivity index (χ3n) is 4.42. The summed E-state index contributed by atoms with van der Waals surface area (Å²) < 4.78 is 0.857. The van der Waals surface area contributed by atoms with Crippen LogP contribution in [0.3, 0.4) is 0 Å². The monoisotopic (exact) mass is 350 g/mol. The summed E-state index contributed by atoms with van der Waals surface area (Å²) in [4.78, 5) is 26.2. The Kier molecular flexibility index (Phi) is 4.13. The van der Waals surface area contributed by atoms with Gasteiger partial charge in [-0.3, -0.25) is 9.59 Å². The van der Waals surface area contributed by atoms with Gasteiger partial charge in [-0.15, -0.1) is 0 Å². The van der Waals surface area contributed by atoms with Gasteiger partial charge in [-0.25, -0.2) is 0 Å². The molecule has 2 heterocycles. The van der Waals surface area contributed by atoms with Crippen LogP contribution in [0, 0.1) is 5.92 Å². The summed E-state index contributed by atoms with van der Waals surface area (Å²) in [5.74, 6) is 0.325. The highest BCUT2D eigenvalue weighted by molar-refractivity contribution is 9.10. The van der Waals surface area contributed by atoms with Crippen molar-refractivity contribution in [1.82, 2.24) is 5.32 Å². The molecule has 112 valence electrons. The summed E-state index contributed by atoms with van der Waals surface area (Å²) in [7, 11) is 0. The predicted octanol–water partition coefficient (Wildman–Crippen LogP) is 2.54. The number of benzene rings is 1. The molecule has 0 atom stereocenters. The van der Waals surface area contributed by atoms with Crippen LogP contribution in [0.25, 0.3) is 0 Å². The third-order valence-corrected chi connectivity index (χ3v) is 5.08. The fourth-order valence-electron chi connectivity index (χ4n) is 3.23. The maximum Gasteiger partial charge on any atom is 0.223 e. The van der Waals surface area contributed by atoms with E-state index in [9.17, 15) is 9.59 Å². The van der Waals surface area contributed by atoms with E-state index in [0.717, 1.165) is 48.1 Å². The Bertz CT molecular complexity index is 594. The Labute approximate surface area is 133 Å². The lowest BCUT2D eigenvalue weighted by Crippen LogP contribution is -2.32.